The van der Waals surface area contributed by atoms with Crippen molar-refractivity contribution < 1.29 is 9.13 Å². The van der Waals surface area contributed by atoms with Gasteiger partial charge in [-0.25, -0.2) is 9.37 Å². The summed E-state index contributed by atoms with van der Waals surface area (Å²) in [6, 6.07) is 8.53. The number of rotatable bonds is 6. The van der Waals surface area contributed by atoms with Crippen molar-refractivity contribution in [3.05, 3.63) is 52.4 Å². The van der Waals surface area contributed by atoms with Crippen LogP contribution in [0.25, 0.3) is 0 Å². The van der Waals surface area contributed by atoms with E-state index in [0.717, 1.165) is 10.9 Å². The summed E-state index contributed by atoms with van der Waals surface area (Å²) in [5.41, 5.74) is 0.575. The number of anilines is 1. The summed E-state index contributed by atoms with van der Waals surface area (Å²) in [6.45, 7) is 3.02. The highest BCUT2D eigenvalue weighted by atomic mass is 79.9. The summed E-state index contributed by atoms with van der Waals surface area (Å²) in [5.74, 6) is 1.07. The topological polar surface area (TPSA) is 34.1 Å². The van der Waals surface area contributed by atoms with Gasteiger partial charge in [0.05, 0.1) is 6.61 Å². The highest BCUT2D eigenvalue weighted by molar-refractivity contribution is 9.10. The van der Waals surface area contributed by atoms with Crippen LogP contribution in [-0.2, 0) is 6.54 Å². The molecule has 0 bridgehead atoms. The summed E-state index contributed by atoms with van der Waals surface area (Å²) in [5, 5.41) is 3.11. The Morgan fingerprint density at radius 2 is 2.20 bits per heavy atom. The highest BCUT2D eigenvalue weighted by Gasteiger charge is 2.07. The fourth-order valence-corrected chi connectivity index (χ4v) is 2.12. The molecule has 0 spiro atoms. The number of nitrogens with zero attached hydrogens (tertiary/aromatic N) is 1. The summed E-state index contributed by atoms with van der Waals surface area (Å²) in [7, 11) is 0. The molecular formula is C15H16BrFN2O. The van der Waals surface area contributed by atoms with Gasteiger partial charge in [0.25, 0.3) is 0 Å². The first-order chi connectivity index (χ1) is 9.70. The minimum absolute atomic E-state index is 0.243. The van der Waals surface area contributed by atoms with Crippen molar-refractivity contribution in [2.45, 2.75) is 19.9 Å². The number of pyridine rings is 1. The van der Waals surface area contributed by atoms with E-state index in [9.17, 15) is 4.39 Å². The minimum atomic E-state index is -0.243. The van der Waals surface area contributed by atoms with Crippen molar-refractivity contribution in [2.24, 2.45) is 0 Å². The van der Waals surface area contributed by atoms with Gasteiger partial charge in [0.1, 0.15) is 5.82 Å². The lowest BCUT2D eigenvalue weighted by atomic mass is 10.2. The van der Waals surface area contributed by atoms with Crippen molar-refractivity contribution in [3.8, 4) is 5.75 Å². The predicted molar refractivity (Wildman–Crippen MR) is 81.4 cm³/mol. The molecule has 1 aromatic carbocycles. The van der Waals surface area contributed by atoms with Crippen LogP contribution >= 0.6 is 15.9 Å². The fraction of sp³-hybridized carbons (Fsp3) is 0.267. The zero-order chi connectivity index (χ0) is 14.4. The van der Waals surface area contributed by atoms with E-state index < -0.39 is 0 Å². The van der Waals surface area contributed by atoms with Gasteiger partial charge in [-0.05, 0) is 36.8 Å². The molecule has 0 amide bonds. The molecule has 2 rings (SSSR count). The molecule has 5 heteroatoms. The second-order valence-electron chi connectivity index (χ2n) is 4.29. The Kier molecular flexibility index (Phi) is 5.35. The molecule has 106 valence electrons. The van der Waals surface area contributed by atoms with E-state index in [2.05, 4.69) is 26.2 Å². The van der Waals surface area contributed by atoms with Crippen LogP contribution in [0.1, 0.15) is 18.9 Å². The molecule has 2 aromatic rings. The average Bonchev–Trinajstić information content (AvgIpc) is 2.47. The standard InChI is InChI=1S/C15H16BrFN2O/c1-2-8-20-14-4-3-7-18-15(14)19-10-11-9-12(16)5-6-13(11)17/h3-7,9H,2,8,10H2,1H3,(H,18,19). The van der Waals surface area contributed by atoms with Crippen LogP contribution < -0.4 is 10.1 Å². The van der Waals surface area contributed by atoms with E-state index in [0.29, 0.717) is 30.3 Å². The number of ether oxygens (including phenoxy) is 1. The smallest absolute Gasteiger partial charge is 0.169 e. The summed E-state index contributed by atoms with van der Waals surface area (Å²) in [4.78, 5) is 4.23. The first-order valence-electron chi connectivity index (χ1n) is 6.46. The Morgan fingerprint density at radius 1 is 1.35 bits per heavy atom. The van der Waals surface area contributed by atoms with Gasteiger partial charge in [0.2, 0.25) is 0 Å². The molecule has 20 heavy (non-hydrogen) atoms. The van der Waals surface area contributed by atoms with Crippen LogP contribution in [0, 0.1) is 5.82 Å². The van der Waals surface area contributed by atoms with Crippen LogP contribution in [-0.4, -0.2) is 11.6 Å². The Bertz CT molecular complexity index is 578. The van der Waals surface area contributed by atoms with Crippen LogP contribution in [0.2, 0.25) is 0 Å². The summed E-state index contributed by atoms with van der Waals surface area (Å²) in [6.07, 6.45) is 2.60. The molecule has 0 radical (unpaired) electrons. The fourth-order valence-electron chi connectivity index (χ4n) is 1.71. The number of hydrogen-bond acceptors (Lipinski definition) is 3. The average molecular weight is 339 g/mol. The van der Waals surface area contributed by atoms with E-state index >= 15 is 0 Å². The Labute approximate surface area is 126 Å². The van der Waals surface area contributed by atoms with E-state index in [1.54, 1.807) is 18.3 Å². The van der Waals surface area contributed by atoms with Gasteiger partial charge in [-0.3, -0.25) is 0 Å². The third-order valence-electron chi connectivity index (χ3n) is 2.69. The maximum atomic E-state index is 13.7. The lowest BCUT2D eigenvalue weighted by molar-refractivity contribution is 0.318. The van der Waals surface area contributed by atoms with Gasteiger partial charge in [-0.1, -0.05) is 22.9 Å². The molecule has 0 saturated carbocycles. The van der Waals surface area contributed by atoms with Crippen molar-refractivity contribution in [2.75, 3.05) is 11.9 Å². The van der Waals surface area contributed by atoms with Crippen molar-refractivity contribution >= 4 is 21.7 Å². The molecule has 1 N–H and O–H groups in total. The zero-order valence-electron chi connectivity index (χ0n) is 11.2. The molecular weight excluding hydrogens is 323 g/mol. The maximum absolute atomic E-state index is 13.7. The quantitative estimate of drug-likeness (QED) is 0.848. The van der Waals surface area contributed by atoms with Gasteiger partial charge in [0, 0.05) is 22.8 Å². The third-order valence-corrected chi connectivity index (χ3v) is 3.18. The number of hydrogen-bond donors (Lipinski definition) is 1. The number of aromatic nitrogens is 1. The highest BCUT2D eigenvalue weighted by Crippen LogP contribution is 2.23. The van der Waals surface area contributed by atoms with Gasteiger partial charge in [-0.15, -0.1) is 0 Å². The van der Waals surface area contributed by atoms with Gasteiger partial charge >= 0.3 is 0 Å². The summed E-state index contributed by atoms with van der Waals surface area (Å²) < 4.78 is 20.1. The SMILES string of the molecule is CCCOc1cccnc1NCc1cc(Br)ccc1F. The second-order valence-corrected chi connectivity index (χ2v) is 5.20. The summed E-state index contributed by atoms with van der Waals surface area (Å²) >= 11 is 3.34. The lowest BCUT2D eigenvalue weighted by Crippen LogP contribution is -2.06. The lowest BCUT2D eigenvalue weighted by Gasteiger charge is -2.12. The van der Waals surface area contributed by atoms with Gasteiger partial charge < -0.3 is 10.1 Å². The molecule has 0 unspecified atom stereocenters. The third kappa shape index (κ3) is 3.93. The van der Waals surface area contributed by atoms with E-state index in [1.807, 2.05) is 19.1 Å². The van der Waals surface area contributed by atoms with Crippen LogP contribution in [0.3, 0.4) is 0 Å². The Morgan fingerprint density at radius 3 is 3.00 bits per heavy atom. The molecule has 0 atom stereocenters. The molecule has 0 aliphatic rings. The first kappa shape index (κ1) is 14.8. The number of halogens is 2. The second kappa shape index (κ2) is 7.24. The number of nitrogens with one attached hydrogen (secondary N) is 1. The van der Waals surface area contributed by atoms with Crippen LogP contribution in [0.15, 0.2) is 41.0 Å². The van der Waals surface area contributed by atoms with E-state index in [4.69, 9.17) is 4.74 Å². The molecule has 0 aliphatic carbocycles. The molecule has 0 aliphatic heterocycles. The van der Waals surface area contributed by atoms with E-state index in [1.165, 1.54) is 6.07 Å². The monoisotopic (exact) mass is 338 g/mol. The van der Waals surface area contributed by atoms with Crippen molar-refractivity contribution in [1.82, 2.24) is 4.98 Å². The Balaban J connectivity index is 2.08. The molecule has 3 nitrogen and oxygen atoms in total. The number of benzene rings is 1. The normalized spacial score (nSPS) is 10.3. The van der Waals surface area contributed by atoms with Crippen LogP contribution in [0.5, 0.6) is 5.75 Å². The maximum Gasteiger partial charge on any atom is 0.169 e. The first-order valence-corrected chi connectivity index (χ1v) is 7.25. The molecule has 0 fully saturated rings. The van der Waals surface area contributed by atoms with Crippen molar-refractivity contribution in [1.29, 1.82) is 0 Å². The minimum Gasteiger partial charge on any atom is -0.490 e. The zero-order valence-corrected chi connectivity index (χ0v) is 12.8. The molecule has 1 heterocycles. The van der Waals surface area contributed by atoms with Gasteiger partial charge in [0.15, 0.2) is 11.6 Å². The largest absolute Gasteiger partial charge is 0.490 e. The van der Waals surface area contributed by atoms with Crippen molar-refractivity contribution in [3.63, 3.8) is 0 Å². The molecule has 0 saturated heterocycles. The van der Waals surface area contributed by atoms with E-state index in [-0.39, 0.29) is 5.82 Å². The predicted octanol–water partition coefficient (Wildman–Crippen LogP) is 4.38. The van der Waals surface area contributed by atoms with Gasteiger partial charge in [-0.2, -0.15) is 0 Å². The van der Waals surface area contributed by atoms with Crippen LogP contribution in [0.4, 0.5) is 10.2 Å². The molecule has 1 aromatic heterocycles. The Hall–Kier alpha value is -1.62.